The molecule has 0 radical (unpaired) electrons. The highest BCUT2D eigenvalue weighted by molar-refractivity contribution is 7.90. The molecule has 4 nitrogen and oxygen atoms in total. The fourth-order valence-corrected chi connectivity index (χ4v) is 1.92. The highest BCUT2D eigenvalue weighted by Gasteiger charge is 2.19. The van der Waals surface area contributed by atoms with E-state index in [-0.39, 0.29) is 4.90 Å². The van der Waals surface area contributed by atoms with Crippen LogP contribution >= 0.6 is 0 Å². The molecule has 1 aromatic rings. The number of benzene rings is 1. The van der Waals surface area contributed by atoms with Crippen LogP contribution in [0.2, 0.25) is 0 Å². The van der Waals surface area contributed by atoms with Crippen LogP contribution in [0.3, 0.4) is 0 Å². The summed E-state index contributed by atoms with van der Waals surface area (Å²) in [5, 5.41) is 0. The third-order valence-corrected chi connectivity index (χ3v) is 3.44. The van der Waals surface area contributed by atoms with Crippen LogP contribution in [-0.2, 0) is 20.2 Å². The summed E-state index contributed by atoms with van der Waals surface area (Å²) >= 11 is 0. The highest BCUT2D eigenvalue weighted by Crippen LogP contribution is 2.25. The predicted octanol–water partition coefficient (Wildman–Crippen LogP) is 1.66. The van der Waals surface area contributed by atoms with E-state index in [0.29, 0.717) is 0 Å². The lowest BCUT2D eigenvalue weighted by atomic mass is 9.95. The summed E-state index contributed by atoms with van der Waals surface area (Å²) in [5.74, 6) is 0. The van der Waals surface area contributed by atoms with E-state index in [1.807, 2.05) is 0 Å². The molecule has 0 amide bonds. The maximum absolute atomic E-state index is 11.2. The smallest absolute Gasteiger partial charge is 0.224 e. The van der Waals surface area contributed by atoms with Gasteiger partial charge in [-0.3, -0.25) is 0 Å². The second-order valence-corrected chi connectivity index (χ2v) is 6.07. The lowest BCUT2D eigenvalue weighted by Crippen LogP contribution is -2.13. The minimum atomic E-state index is -3.19. The van der Waals surface area contributed by atoms with E-state index in [0.717, 1.165) is 11.8 Å². The number of aliphatic imine (C=N–C) groups is 1. The normalized spacial score (nSPS) is 11.9. The first-order valence-corrected chi connectivity index (χ1v) is 6.56. The Morgan fingerprint density at radius 3 is 2.06 bits per heavy atom. The van der Waals surface area contributed by atoms with Gasteiger partial charge in [-0.25, -0.2) is 13.2 Å². The first-order chi connectivity index (χ1) is 7.27. The van der Waals surface area contributed by atoms with Gasteiger partial charge in [-0.05, 0) is 31.5 Å². The number of carbonyl (C=O) groups excluding carboxylic acids is 1. The van der Waals surface area contributed by atoms with Crippen molar-refractivity contribution in [3.8, 4) is 0 Å². The number of hydrogen-bond donors (Lipinski definition) is 0. The fraction of sp³-hybridized carbons (Fsp3) is 0.364. The zero-order valence-corrected chi connectivity index (χ0v) is 10.2. The van der Waals surface area contributed by atoms with E-state index >= 15 is 0 Å². The summed E-state index contributed by atoms with van der Waals surface area (Å²) in [5.41, 5.74) is 0.0841. The zero-order chi connectivity index (χ0) is 12.4. The molecule has 0 aliphatic carbocycles. The molecule has 0 unspecified atom stereocenters. The minimum absolute atomic E-state index is 0.252. The Bertz CT molecular complexity index is 523. The third-order valence-electron chi connectivity index (χ3n) is 2.31. The van der Waals surface area contributed by atoms with Gasteiger partial charge in [0.05, 0.1) is 10.4 Å². The first-order valence-electron chi connectivity index (χ1n) is 4.67. The van der Waals surface area contributed by atoms with Crippen molar-refractivity contribution in [2.45, 2.75) is 24.3 Å². The van der Waals surface area contributed by atoms with E-state index in [4.69, 9.17) is 0 Å². The van der Waals surface area contributed by atoms with Crippen LogP contribution in [0.15, 0.2) is 34.2 Å². The molecule has 86 valence electrons. The summed E-state index contributed by atoms with van der Waals surface area (Å²) in [6, 6.07) is 6.31. The van der Waals surface area contributed by atoms with Gasteiger partial charge in [0.2, 0.25) is 6.08 Å². The zero-order valence-electron chi connectivity index (χ0n) is 9.39. The van der Waals surface area contributed by atoms with Crippen LogP contribution in [0.25, 0.3) is 0 Å². The van der Waals surface area contributed by atoms with Crippen molar-refractivity contribution in [1.29, 1.82) is 0 Å². The summed E-state index contributed by atoms with van der Waals surface area (Å²) in [7, 11) is -3.19. The number of nitrogens with zero attached hydrogens (tertiary/aromatic N) is 1. The monoisotopic (exact) mass is 239 g/mol. The topological polar surface area (TPSA) is 63.6 Å². The second kappa shape index (κ2) is 4.20. The third kappa shape index (κ3) is 2.78. The second-order valence-electron chi connectivity index (χ2n) is 4.06. The Hall–Kier alpha value is -1.45. The summed E-state index contributed by atoms with van der Waals surface area (Å²) < 4.78 is 22.5. The van der Waals surface area contributed by atoms with Crippen LogP contribution in [-0.4, -0.2) is 20.8 Å². The van der Waals surface area contributed by atoms with E-state index in [2.05, 4.69) is 4.99 Å². The van der Waals surface area contributed by atoms with Crippen molar-refractivity contribution in [1.82, 2.24) is 0 Å². The number of sulfone groups is 1. The molecule has 0 aliphatic heterocycles. The molecule has 0 aliphatic rings. The molecule has 16 heavy (non-hydrogen) atoms. The molecule has 5 heteroatoms. The van der Waals surface area contributed by atoms with Crippen LogP contribution in [0.5, 0.6) is 0 Å². The van der Waals surface area contributed by atoms with Gasteiger partial charge in [0.15, 0.2) is 9.84 Å². The molecule has 0 heterocycles. The Morgan fingerprint density at radius 1 is 1.19 bits per heavy atom. The van der Waals surface area contributed by atoms with Gasteiger partial charge >= 0.3 is 0 Å². The van der Waals surface area contributed by atoms with E-state index < -0.39 is 15.4 Å². The van der Waals surface area contributed by atoms with Crippen LogP contribution in [0.4, 0.5) is 0 Å². The average Bonchev–Trinajstić information content (AvgIpc) is 2.16. The molecule has 1 aromatic carbocycles. The number of rotatable bonds is 3. The van der Waals surface area contributed by atoms with Gasteiger partial charge in [0, 0.05) is 6.26 Å². The summed E-state index contributed by atoms with van der Waals surface area (Å²) in [6.45, 7) is 3.51. The molecule has 0 aromatic heterocycles. The first kappa shape index (κ1) is 12.6. The Labute approximate surface area is 94.9 Å². The lowest BCUT2D eigenvalue weighted by Gasteiger charge is -2.17. The molecule has 0 atom stereocenters. The molecule has 1 rings (SSSR count). The van der Waals surface area contributed by atoms with E-state index in [1.165, 1.54) is 18.2 Å². The number of hydrogen-bond acceptors (Lipinski definition) is 4. The number of isocyanates is 1. The van der Waals surface area contributed by atoms with Crippen molar-refractivity contribution in [3.63, 3.8) is 0 Å². The van der Waals surface area contributed by atoms with Gasteiger partial charge in [-0.1, -0.05) is 12.1 Å². The molecular weight excluding hydrogens is 226 g/mol. The minimum Gasteiger partial charge on any atom is -0.224 e. The standard InChI is InChI=1S/C11H13NO3S/c1-11(2,12-8-13)9-4-6-10(7-5-9)16(3,14)15/h4-7H,1-3H3. The van der Waals surface area contributed by atoms with Crippen molar-refractivity contribution in [3.05, 3.63) is 29.8 Å². The molecule has 0 bridgehead atoms. The van der Waals surface area contributed by atoms with Gasteiger partial charge in [0.1, 0.15) is 0 Å². The van der Waals surface area contributed by atoms with Crippen molar-refractivity contribution in [2.75, 3.05) is 6.26 Å². The predicted molar refractivity (Wildman–Crippen MR) is 60.7 cm³/mol. The van der Waals surface area contributed by atoms with Crippen LogP contribution < -0.4 is 0 Å². The maximum atomic E-state index is 11.2. The van der Waals surface area contributed by atoms with Gasteiger partial charge in [-0.2, -0.15) is 4.99 Å². The largest absolute Gasteiger partial charge is 0.235 e. The highest BCUT2D eigenvalue weighted by atomic mass is 32.2. The summed E-state index contributed by atoms with van der Waals surface area (Å²) in [4.78, 5) is 14.1. The Balaban J connectivity index is 3.19. The van der Waals surface area contributed by atoms with Gasteiger partial charge in [-0.15, -0.1) is 0 Å². The lowest BCUT2D eigenvalue weighted by molar-refractivity contribution is 0.522. The average molecular weight is 239 g/mol. The van der Waals surface area contributed by atoms with Crippen molar-refractivity contribution in [2.24, 2.45) is 4.99 Å². The molecule has 0 saturated carbocycles. The maximum Gasteiger partial charge on any atom is 0.235 e. The molecule has 0 saturated heterocycles. The van der Waals surface area contributed by atoms with E-state index in [1.54, 1.807) is 26.0 Å². The van der Waals surface area contributed by atoms with Gasteiger partial charge < -0.3 is 0 Å². The van der Waals surface area contributed by atoms with Gasteiger partial charge in [0.25, 0.3) is 0 Å². The molecule has 0 N–H and O–H groups in total. The van der Waals surface area contributed by atoms with Crippen LogP contribution in [0.1, 0.15) is 19.4 Å². The molecular formula is C11H13NO3S. The summed E-state index contributed by atoms with van der Waals surface area (Å²) in [6.07, 6.45) is 2.66. The fourth-order valence-electron chi connectivity index (χ4n) is 1.29. The molecule has 0 spiro atoms. The van der Waals surface area contributed by atoms with Crippen molar-refractivity contribution < 1.29 is 13.2 Å². The Kier molecular flexibility index (Phi) is 3.31. The quantitative estimate of drug-likeness (QED) is 0.595. The molecule has 0 fully saturated rings. The van der Waals surface area contributed by atoms with Crippen LogP contribution in [0, 0.1) is 0 Å². The Morgan fingerprint density at radius 2 is 1.69 bits per heavy atom. The van der Waals surface area contributed by atoms with Crippen molar-refractivity contribution >= 4 is 15.9 Å². The SMILES string of the molecule is CC(C)(N=C=O)c1ccc(S(C)(=O)=O)cc1. The van der Waals surface area contributed by atoms with E-state index in [9.17, 15) is 13.2 Å².